The Bertz CT molecular complexity index is 307. The van der Waals surface area contributed by atoms with Crippen molar-refractivity contribution in [3.8, 4) is 0 Å². The molecule has 1 rings (SSSR count). The van der Waals surface area contributed by atoms with Crippen LogP contribution in [0.4, 0.5) is 13.2 Å². The second-order valence-corrected chi connectivity index (χ2v) is 3.18. The predicted molar refractivity (Wildman–Crippen MR) is 55.4 cm³/mol. The van der Waals surface area contributed by atoms with Gasteiger partial charge < -0.3 is 5.73 Å². The molecule has 2 N–H and O–H groups in total. The summed E-state index contributed by atoms with van der Waals surface area (Å²) in [6, 6.07) is 0.586. The van der Waals surface area contributed by atoms with E-state index in [1.165, 1.54) is 0 Å². The van der Waals surface area contributed by atoms with Gasteiger partial charge in [-0.1, -0.05) is 13.3 Å². The van der Waals surface area contributed by atoms with Gasteiger partial charge in [-0.3, -0.25) is 0 Å². The lowest BCUT2D eigenvalue weighted by molar-refractivity contribution is 0.491. The summed E-state index contributed by atoms with van der Waals surface area (Å²) in [5.41, 5.74) is 5.33. The molecule has 0 unspecified atom stereocenters. The summed E-state index contributed by atoms with van der Waals surface area (Å²) in [6.07, 6.45) is 1.19. The predicted octanol–water partition coefficient (Wildman–Crippen LogP) is 3.33. The van der Waals surface area contributed by atoms with Gasteiger partial charge in [0.05, 0.1) is 0 Å². The zero-order valence-corrected chi connectivity index (χ0v) is 9.08. The molecule has 0 radical (unpaired) electrons. The molecule has 5 heteroatoms. The topological polar surface area (TPSA) is 26.0 Å². The van der Waals surface area contributed by atoms with Crippen molar-refractivity contribution < 1.29 is 13.2 Å². The number of nitrogens with two attached hydrogens (primary N) is 1. The van der Waals surface area contributed by atoms with Crippen LogP contribution in [0, 0.1) is 17.5 Å². The van der Waals surface area contributed by atoms with Crippen LogP contribution in [0.15, 0.2) is 12.1 Å². The maximum absolute atomic E-state index is 13.1. The molecule has 0 fully saturated rings. The Morgan fingerprint density at radius 3 is 2.07 bits per heavy atom. The summed E-state index contributed by atoms with van der Waals surface area (Å²) in [6.45, 7) is 1.86. The first kappa shape index (κ1) is 14.3. The molecule has 1 aromatic carbocycles. The van der Waals surface area contributed by atoms with Gasteiger partial charge in [0.25, 0.3) is 0 Å². The summed E-state index contributed by atoms with van der Waals surface area (Å²) < 4.78 is 38.8. The largest absolute Gasteiger partial charge is 0.324 e. The lowest BCUT2D eigenvalue weighted by Crippen LogP contribution is -2.14. The Morgan fingerprint density at radius 1 is 1.20 bits per heavy atom. The summed E-state index contributed by atoms with van der Waals surface area (Å²) in [4.78, 5) is 0. The molecular formula is C10H13ClF3N. The monoisotopic (exact) mass is 239 g/mol. The third-order valence-corrected chi connectivity index (χ3v) is 2.01. The highest BCUT2D eigenvalue weighted by Gasteiger charge is 2.17. The van der Waals surface area contributed by atoms with Crippen LogP contribution in [0.2, 0.25) is 0 Å². The van der Waals surface area contributed by atoms with Crippen molar-refractivity contribution in [1.29, 1.82) is 0 Å². The molecule has 1 atom stereocenters. The third kappa shape index (κ3) is 3.39. The number of halogens is 4. The minimum Gasteiger partial charge on any atom is -0.324 e. The molecule has 86 valence electrons. The second kappa shape index (κ2) is 5.98. The Kier molecular flexibility index (Phi) is 5.68. The van der Waals surface area contributed by atoms with Gasteiger partial charge in [-0.15, -0.1) is 12.4 Å². The smallest absolute Gasteiger partial charge is 0.133 e. The fourth-order valence-electron chi connectivity index (χ4n) is 1.36. The molecule has 0 heterocycles. The zero-order chi connectivity index (χ0) is 10.7. The van der Waals surface area contributed by atoms with Crippen LogP contribution in [-0.2, 0) is 0 Å². The average molecular weight is 240 g/mol. The summed E-state index contributed by atoms with van der Waals surface area (Å²) >= 11 is 0. The van der Waals surface area contributed by atoms with Crippen molar-refractivity contribution >= 4 is 12.4 Å². The maximum atomic E-state index is 13.1. The van der Waals surface area contributed by atoms with E-state index in [1.54, 1.807) is 0 Å². The molecule has 0 aliphatic rings. The molecule has 1 nitrogen and oxygen atoms in total. The normalized spacial score (nSPS) is 12.1. The second-order valence-electron chi connectivity index (χ2n) is 3.18. The van der Waals surface area contributed by atoms with Gasteiger partial charge >= 0.3 is 0 Å². The highest BCUT2D eigenvalue weighted by Crippen LogP contribution is 2.23. The van der Waals surface area contributed by atoms with Crippen molar-refractivity contribution in [3.63, 3.8) is 0 Å². The van der Waals surface area contributed by atoms with Crippen LogP contribution in [0.25, 0.3) is 0 Å². The van der Waals surface area contributed by atoms with E-state index in [1.807, 2.05) is 6.92 Å². The molecule has 0 saturated heterocycles. The summed E-state index contributed by atoms with van der Waals surface area (Å²) in [7, 11) is 0. The van der Waals surface area contributed by atoms with Crippen molar-refractivity contribution in [3.05, 3.63) is 35.1 Å². The Labute approximate surface area is 92.9 Å². The molecule has 1 aromatic rings. The number of hydrogen-bond donors (Lipinski definition) is 1. The average Bonchev–Trinajstić information content (AvgIpc) is 2.01. The van der Waals surface area contributed by atoms with Gasteiger partial charge in [0, 0.05) is 23.7 Å². The Balaban J connectivity index is 0.00000196. The number of rotatable bonds is 3. The van der Waals surface area contributed by atoms with Crippen LogP contribution in [0.5, 0.6) is 0 Å². The van der Waals surface area contributed by atoms with Crippen LogP contribution in [-0.4, -0.2) is 0 Å². The molecule has 0 aliphatic carbocycles. The highest BCUT2D eigenvalue weighted by molar-refractivity contribution is 5.85. The van der Waals surface area contributed by atoms with E-state index in [9.17, 15) is 13.2 Å². The molecule has 0 spiro atoms. The van der Waals surface area contributed by atoms with E-state index in [-0.39, 0.29) is 18.0 Å². The Hall–Kier alpha value is -0.740. The Morgan fingerprint density at radius 2 is 1.67 bits per heavy atom. The van der Waals surface area contributed by atoms with Crippen LogP contribution < -0.4 is 5.73 Å². The molecule has 0 aromatic heterocycles. The molecule has 15 heavy (non-hydrogen) atoms. The van der Waals surface area contributed by atoms with Gasteiger partial charge in [0.2, 0.25) is 0 Å². The van der Waals surface area contributed by atoms with Gasteiger partial charge in [-0.25, -0.2) is 13.2 Å². The number of hydrogen-bond acceptors (Lipinski definition) is 1. The SMILES string of the molecule is CCC[C@@H](N)c1c(F)cc(F)cc1F.Cl. The van der Waals surface area contributed by atoms with Crippen LogP contribution >= 0.6 is 12.4 Å². The van der Waals surface area contributed by atoms with E-state index in [2.05, 4.69) is 0 Å². The fraction of sp³-hybridized carbons (Fsp3) is 0.400. The van der Waals surface area contributed by atoms with E-state index >= 15 is 0 Å². The zero-order valence-electron chi connectivity index (χ0n) is 8.27. The van der Waals surface area contributed by atoms with Gasteiger partial charge in [-0.05, 0) is 6.42 Å². The van der Waals surface area contributed by atoms with E-state index in [4.69, 9.17) is 5.73 Å². The lowest BCUT2D eigenvalue weighted by Gasteiger charge is -2.12. The first-order valence-electron chi connectivity index (χ1n) is 4.46. The lowest BCUT2D eigenvalue weighted by atomic mass is 10.0. The maximum Gasteiger partial charge on any atom is 0.133 e. The molecule has 0 bridgehead atoms. The minimum absolute atomic E-state index is 0. The van der Waals surface area contributed by atoms with E-state index < -0.39 is 23.5 Å². The molecule has 0 amide bonds. The van der Waals surface area contributed by atoms with Crippen molar-refractivity contribution in [2.75, 3.05) is 0 Å². The van der Waals surface area contributed by atoms with Crippen molar-refractivity contribution in [1.82, 2.24) is 0 Å². The molecular weight excluding hydrogens is 227 g/mol. The van der Waals surface area contributed by atoms with Crippen LogP contribution in [0.1, 0.15) is 31.4 Å². The van der Waals surface area contributed by atoms with E-state index in [0.29, 0.717) is 18.6 Å². The third-order valence-electron chi connectivity index (χ3n) is 2.01. The quantitative estimate of drug-likeness (QED) is 0.860. The molecule has 0 aliphatic heterocycles. The first-order chi connectivity index (χ1) is 6.56. The van der Waals surface area contributed by atoms with Crippen LogP contribution in [0.3, 0.4) is 0 Å². The van der Waals surface area contributed by atoms with Crippen molar-refractivity contribution in [2.24, 2.45) is 5.73 Å². The standard InChI is InChI=1S/C10H12F3N.ClH/c1-2-3-9(14)10-7(12)4-6(11)5-8(10)13;/h4-5,9H,2-3,14H2,1H3;1H/t9-;/m1./s1. The van der Waals surface area contributed by atoms with Gasteiger partial charge in [0.15, 0.2) is 0 Å². The fourth-order valence-corrected chi connectivity index (χ4v) is 1.36. The van der Waals surface area contributed by atoms with E-state index in [0.717, 1.165) is 6.42 Å². The molecule has 0 saturated carbocycles. The first-order valence-corrected chi connectivity index (χ1v) is 4.46. The minimum atomic E-state index is -0.924. The van der Waals surface area contributed by atoms with Gasteiger partial charge in [-0.2, -0.15) is 0 Å². The summed E-state index contributed by atoms with van der Waals surface area (Å²) in [5.74, 6) is -2.75. The summed E-state index contributed by atoms with van der Waals surface area (Å²) in [5, 5.41) is 0. The number of benzene rings is 1. The van der Waals surface area contributed by atoms with Gasteiger partial charge in [0.1, 0.15) is 17.5 Å². The highest BCUT2D eigenvalue weighted by atomic mass is 35.5. The van der Waals surface area contributed by atoms with Crippen molar-refractivity contribution in [2.45, 2.75) is 25.8 Å².